The molecule has 0 radical (unpaired) electrons. The van der Waals surface area contributed by atoms with Crippen LogP contribution in [0.5, 0.6) is 11.5 Å². The van der Waals surface area contributed by atoms with Gasteiger partial charge in [-0.15, -0.1) is 0 Å². The van der Waals surface area contributed by atoms with Gasteiger partial charge in [0.1, 0.15) is 11.5 Å². The third-order valence-corrected chi connectivity index (χ3v) is 4.01. The molecule has 0 bridgehead atoms. The van der Waals surface area contributed by atoms with Crippen LogP contribution in [0, 0.1) is 0 Å². The maximum atomic E-state index is 5.25. The van der Waals surface area contributed by atoms with Crippen molar-refractivity contribution >= 4 is 0 Å². The smallest absolute Gasteiger partial charge is 0.118 e. The Labute approximate surface area is 136 Å². The van der Waals surface area contributed by atoms with E-state index in [2.05, 4.69) is 34.5 Å². The first-order chi connectivity index (χ1) is 11.3. The SMILES string of the molecule is COc1ccc(CC(c2ccc(OC)cc2)c2ccn[nH]2)cc1. The molecule has 0 saturated carbocycles. The van der Waals surface area contributed by atoms with E-state index in [1.165, 1.54) is 11.1 Å². The van der Waals surface area contributed by atoms with Gasteiger partial charge in [-0.1, -0.05) is 24.3 Å². The van der Waals surface area contributed by atoms with Crippen LogP contribution in [0.25, 0.3) is 0 Å². The van der Waals surface area contributed by atoms with Gasteiger partial charge >= 0.3 is 0 Å². The molecule has 1 heterocycles. The van der Waals surface area contributed by atoms with Crippen molar-refractivity contribution in [1.29, 1.82) is 0 Å². The fourth-order valence-electron chi connectivity index (χ4n) is 2.70. The molecule has 0 aliphatic heterocycles. The summed E-state index contributed by atoms with van der Waals surface area (Å²) in [6.07, 6.45) is 2.68. The minimum absolute atomic E-state index is 0.219. The van der Waals surface area contributed by atoms with E-state index in [1.807, 2.05) is 30.3 Å². The number of methoxy groups -OCH3 is 2. The van der Waals surface area contributed by atoms with Crippen LogP contribution in [0.2, 0.25) is 0 Å². The van der Waals surface area contributed by atoms with E-state index in [4.69, 9.17) is 9.47 Å². The topological polar surface area (TPSA) is 47.1 Å². The Bertz CT molecular complexity index is 719. The Kier molecular flexibility index (Phi) is 4.62. The van der Waals surface area contributed by atoms with E-state index in [1.54, 1.807) is 20.4 Å². The minimum Gasteiger partial charge on any atom is -0.497 e. The maximum absolute atomic E-state index is 5.25. The molecule has 1 unspecified atom stereocenters. The summed E-state index contributed by atoms with van der Waals surface area (Å²) in [5.74, 6) is 1.95. The second kappa shape index (κ2) is 7.01. The lowest BCUT2D eigenvalue weighted by Gasteiger charge is -2.17. The number of ether oxygens (including phenoxy) is 2. The summed E-state index contributed by atoms with van der Waals surface area (Å²) in [5, 5.41) is 7.20. The predicted octanol–water partition coefficient (Wildman–Crippen LogP) is 3.80. The van der Waals surface area contributed by atoms with Gasteiger partial charge in [-0.25, -0.2) is 0 Å². The molecule has 3 aromatic rings. The van der Waals surface area contributed by atoms with Gasteiger partial charge in [0, 0.05) is 17.8 Å². The molecule has 1 N–H and O–H groups in total. The molecule has 4 nitrogen and oxygen atoms in total. The Morgan fingerprint density at radius 3 is 2.00 bits per heavy atom. The molecular formula is C19H20N2O2. The van der Waals surface area contributed by atoms with E-state index in [0.29, 0.717) is 0 Å². The second-order valence-corrected chi connectivity index (χ2v) is 5.39. The third-order valence-electron chi connectivity index (χ3n) is 4.01. The second-order valence-electron chi connectivity index (χ2n) is 5.39. The van der Waals surface area contributed by atoms with Crippen LogP contribution in [-0.2, 0) is 6.42 Å². The number of hydrogen-bond acceptors (Lipinski definition) is 3. The van der Waals surface area contributed by atoms with Crippen LogP contribution >= 0.6 is 0 Å². The van der Waals surface area contributed by atoms with E-state index < -0.39 is 0 Å². The Morgan fingerprint density at radius 1 is 0.870 bits per heavy atom. The molecule has 0 spiro atoms. The van der Waals surface area contributed by atoms with Gasteiger partial charge in [-0.3, -0.25) is 5.10 Å². The lowest BCUT2D eigenvalue weighted by molar-refractivity contribution is 0.414. The molecule has 23 heavy (non-hydrogen) atoms. The largest absolute Gasteiger partial charge is 0.497 e. The Hall–Kier alpha value is -2.75. The number of benzene rings is 2. The molecule has 0 aliphatic rings. The highest BCUT2D eigenvalue weighted by Gasteiger charge is 2.16. The van der Waals surface area contributed by atoms with Crippen LogP contribution in [0.1, 0.15) is 22.7 Å². The van der Waals surface area contributed by atoms with Crippen molar-refractivity contribution in [2.45, 2.75) is 12.3 Å². The molecule has 0 aliphatic carbocycles. The van der Waals surface area contributed by atoms with Crippen molar-refractivity contribution < 1.29 is 9.47 Å². The number of hydrogen-bond donors (Lipinski definition) is 1. The van der Waals surface area contributed by atoms with Crippen molar-refractivity contribution in [3.05, 3.63) is 77.6 Å². The van der Waals surface area contributed by atoms with Crippen LogP contribution in [0.15, 0.2) is 60.8 Å². The van der Waals surface area contributed by atoms with Crippen molar-refractivity contribution in [3.63, 3.8) is 0 Å². The quantitative estimate of drug-likeness (QED) is 0.753. The highest BCUT2D eigenvalue weighted by atomic mass is 16.5. The molecule has 2 aromatic carbocycles. The van der Waals surface area contributed by atoms with Crippen molar-refractivity contribution in [3.8, 4) is 11.5 Å². The summed E-state index contributed by atoms with van der Waals surface area (Å²) in [6, 6.07) is 18.4. The number of nitrogens with zero attached hydrogens (tertiary/aromatic N) is 1. The molecule has 3 rings (SSSR count). The zero-order chi connectivity index (χ0) is 16.1. The zero-order valence-corrected chi connectivity index (χ0v) is 13.3. The van der Waals surface area contributed by atoms with Crippen LogP contribution in [0.4, 0.5) is 0 Å². The zero-order valence-electron chi connectivity index (χ0n) is 13.3. The van der Waals surface area contributed by atoms with Gasteiger partial charge in [-0.05, 0) is 47.9 Å². The van der Waals surface area contributed by atoms with Crippen LogP contribution < -0.4 is 9.47 Å². The maximum Gasteiger partial charge on any atom is 0.118 e. The molecular weight excluding hydrogens is 288 g/mol. The summed E-state index contributed by atoms with van der Waals surface area (Å²) in [6.45, 7) is 0. The molecule has 1 atom stereocenters. The van der Waals surface area contributed by atoms with Gasteiger partial charge in [0.05, 0.1) is 14.2 Å². The van der Waals surface area contributed by atoms with Crippen LogP contribution in [0.3, 0.4) is 0 Å². The standard InChI is InChI=1S/C19H20N2O2/c1-22-16-7-3-14(4-8-16)13-18(19-11-12-20-21-19)15-5-9-17(23-2)10-6-15/h3-12,18H,13H2,1-2H3,(H,20,21). The van der Waals surface area contributed by atoms with E-state index in [9.17, 15) is 0 Å². The average Bonchev–Trinajstić information content (AvgIpc) is 3.15. The van der Waals surface area contributed by atoms with Gasteiger partial charge in [0.15, 0.2) is 0 Å². The molecule has 4 heteroatoms. The molecule has 0 fully saturated rings. The fourth-order valence-corrected chi connectivity index (χ4v) is 2.70. The normalized spacial score (nSPS) is 11.9. The van der Waals surface area contributed by atoms with Crippen LogP contribution in [-0.4, -0.2) is 24.4 Å². The highest BCUT2D eigenvalue weighted by Crippen LogP contribution is 2.29. The van der Waals surface area contributed by atoms with Gasteiger partial charge < -0.3 is 9.47 Å². The Balaban J connectivity index is 1.88. The summed E-state index contributed by atoms with van der Waals surface area (Å²) in [4.78, 5) is 0. The Morgan fingerprint density at radius 2 is 1.48 bits per heavy atom. The molecule has 118 valence electrons. The molecule has 1 aromatic heterocycles. The predicted molar refractivity (Wildman–Crippen MR) is 90.1 cm³/mol. The number of H-pyrrole nitrogens is 1. The van der Waals surface area contributed by atoms with Gasteiger partial charge in [0.2, 0.25) is 0 Å². The highest BCUT2D eigenvalue weighted by molar-refractivity contribution is 5.36. The molecule has 0 amide bonds. The van der Waals surface area contributed by atoms with Crippen molar-refractivity contribution in [1.82, 2.24) is 10.2 Å². The number of nitrogens with one attached hydrogen (secondary N) is 1. The average molecular weight is 308 g/mol. The summed E-state index contributed by atoms with van der Waals surface area (Å²) >= 11 is 0. The van der Waals surface area contributed by atoms with Crippen molar-refractivity contribution in [2.75, 3.05) is 14.2 Å². The van der Waals surface area contributed by atoms with Crippen molar-refractivity contribution in [2.24, 2.45) is 0 Å². The minimum atomic E-state index is 0.219. The monoisotopic (exact) mass is 308 g/mol. The third kappa shape index (κ3) is 3.54. The summed E-state index contributed by atoms with van der Waals surface area (Å²) in [7, 11) is 3.36. The van der Waals surface area contributed by atoms with E-state index in [-0.39, 0.29) is 5.92 Å². The lowest BCUT2D eigenvalue weighted by atomic mass is 9.89. The first kappa shape index (κ1) is 15.2. The fraction of sp³-hybridized carbons (Fsp3) is 0.211. The first-order valence-corrected chi connectivity index (χ1v) is 7.56. The first-order valence-electron chi connectivity index (χ1n) is 7.56. The van der Waals surface area contributed by atoms with E-state index in [0.717, 1.165) is 23.6 Å². The molecule has 0 saturated heterocycles. The summed E-state index contributed by atoms with van der Waals surface area (Å²) < 4.78 is 10.5. The number of aromatic amines is 1. The number of aromatic nitrogens is 2. The summed E-state index contributed by atoms with van der Waals surface area (Å²) in [5.41, 5.74) is 3.58. The number of rotatable bonds is 6. The lowest BCUT2D eigenvalue weighted by Crippen LogP contribution is -2.06. The van der Waals surface area contributed by atoms with E-state index >= 15 is 0 Å². The van der Waals surface area contributed by atoms with Gasteiger partial charge in [0.25, 0.3) is 0 Å². The van der Waals surface area contributed by atoms with Gasteiger partial charge in [-0.2, -0.15) is 5.10 Å².